The van der Waals surface area contributed by atoms with E-state index in [9.17, 15) is 0 Å². The first-order valence-corrected chi connectivity index (χ1v) is 34.3. The van der Waals surface area contributed by atoms with Crippen molar-refractivity contribution in [2.24, 2.45) is 0 Å². The Kier molecular flexibility index (Phi) is 11.5. The monoisotopic (exact) mass is 1240 g/mol. The summed E-state index contributed by atoms with van der Waals surface area (Å²) < 4.78 is 18.7. The van der Waals surface area contributed by atoms with Crippen molar-refractivity contribution in [1.82, 2.24) is 4.57 Å². The van der Waals surface area contributed by atoms with Crippen molar-refractivity contribution in [3.05, 3.63) is 295 Å². The van der Waals surface area contributed by atoms with Crippen molar-refractivity contribution in [2.75, 3.05) is 9.80 Å². The van der Waals surface area contributed by atoms with E-state index in [1.54, 1.807) is 0 Å². The van der Waals surface area contributed by atoms with Crippen molar-refractivity contribution >= 4 is 126 Å². The molecular formula is C85H59B2N3O2S2. The molecule has 5 heterocycles. The number of ether oxygens (including phenoxy) is 2. The van der Waals surface area contributed by atoms with Crippen molar-refractivity contribution < 1.29 is 9.47 Å². The molecule has 9 heteroatoms. The predicted molar refractivity (Wildman–Crippen MR) is 393 cm³/mol. The summed E-state index contributed by atoms with van der Waals surface area (Å²) >= 11 is 3.85. The number of benzene rings is 13. The lowest BCUT2D eigenvalue weighted by Gasteiger charge is -2.41. The SMILES string of the molecule is Cc1c2c(c(-n3c4ccccc4c4ccccc43)c3c1B1c4ccccc4Sc4c1c(cc1c4C(C)(C)c4cc(N(c5ccccc5)c5ccccc5)ccc4-1)O3)Oc1cc3c(c4c1B2c1ccccc1S4)C(C)(C)c1cc(N(c2ccccc2)c2ccccc2)ccc1-3. The maximum Gasteiger partial charge on any atom is 0.254 e. The molecule has 20 rings (SSSR count). The van der Waals surface area contributed by atoms with Crippen LogP contribution in [0.2, 0.25) is 0 Å². The minimum Gasteiger partial charge on any atom is -0.456 e. The minimum absolute atomic E-state index is 0.168. The summed E-state index contributed by atoms with van der Waals surface area (Å²) in [5, 5.41) is 2.36. The summed E-state index contributed by atoms with van der Waals surface area (Å²) in [5.41, 5.74) is 28.0. The van der Waals surface area contributed by atoms with Crippen LogP contribution in [-0.4, -0.2) is 18.0 Å². The van der Waals surface area contributed by atoms with E-state index in [-0.39, 0.29) is 24.3 Å². The van der Waals surface area contributed by atoms with Gasteiger partial charge in [0, 0.05) is 75.3 Å². The average Bonchev–Trinajstić information content (AvgIpc) is 1.20. The van der Waals surface area contributed by atoms with E-state index in [1.807, 2.05) is 23.5 Å². The largest absolute Gasteiger partial charge is 0.456 e. The Morgan fingerprint density at radius 3 is 1.13 bits per heavy atom. The van der Waals surface area contributed by atoms with Crippen LogP contribution in [0, 0.1) is 6.92 Å². The van der Waals surface area contributed by atoms with E-state index in [4.69, 9.17) is 9.47 Å². The molecule has 0 bridgehead atoms. The molecule has 0 unspecified atom stereocenters. The van der Waals surface area contributed by atoms with Crippen LogP contribution in [0.15, 0.2) is 287 Å². The van der Waals surface area contributed by atoms with Gasteiger partial charge in [0.2, 0.25) is 0 Å². The Hall–Kier alpha value is -10.3. The second-order valence-corrected chi connectivity index (χ2v) is 29.1. The lowest BCUT2D eigenvalue weighted by molar-refractivity contribution is 0.460. The van der Waals surface area contributed by atoms with Gasteiger partial charge in [-0.3, -0.25) is 0 Å². The first-order valence-electron chi connectivity index (χ1n) is 32.7. The van der Waals surface area contributed by atoms with Crippen LogP contribution in [0.4, 0.5) is 34.1 Å². The van der Waals surface area contributed by atoms with Gasteiger partial charge >= 0.3 is 0 Å². The number of hydrogen-bond acceptors (Lipinski definition) is 6. The second kappa shape index (κ2) is 19.9. The average molecular weight is 1240 g/mol. The third kappa shape index (κ3) is 7.42. The van der Waals surface area contributed by atoms with Gasteiger partial charge in [-0.2, -0.15) is 0 Å². The van der Waals surface area contributed by atoms with Gasteiger partial charge in [0.25, 0.3) is 13.4 Å². The third-order valence-electron chi connectivity index (χ3n) is 21.3. The zero-order valence-electron chi connectivity index (χ0n) is 52.5. The van der Waals surface area contributed by atoms with Gasteiger partial charge in [-0.25, -0.2) is 0 Å². The number of nitrogens with zero attached hydrogens (tertiary/aromatic N) is 3. The molecule has 4 aliphatic heterocycles. The molecule has 1 aromatic heterocycles. The summed E-state index contributed by atoms with van der Waals surface area (Å²) in [5.74, 6) is 3.46. The molecule has 94 heavy (non-hydrogen) atoms. The number of hydrogen-bond donors (Lipinski definition) is 0. The van der Waals surface area contributed by atoms with E-state index in [2.05, 4.69) is 316 Å². The van der Waals surface area contributed by atoms with Gasteiger partial charge in [0.15, 0.2) is 11.5 Å². The maximum absolute atomic E-state index is 8.10. The van der Waals surface area contributed by atoms with Crippen LogP contribution < -0.4 is 52.1 Å². The highest BCUT2D eigenvalue weighted by Crippen LogP contribution is 2.60. The predicted octanol–water partition coefficient (Wildman–Crippen LogP) is 18.8. The van der Waals surface area contributed by atoms with E-state index >= 15 is 0 Å². The second-order valence-electron chi connectivity index (χ2n) is 27.0. The lowest BCUT2D eigenvalue weighted by atomic mass is 9.31. The van der Waals surface area contributed by atoms with E-state index in [0.29, 0.717) is 0 Å². The molecule has 0 radical (unpaired) electrons. The van der Waals surface area contributed by atoms with Gasteiger partial charge < -0.3 is 23.8 Å². The summed E-state index contributed by atoms with van der Waals surface area (Å²) in [6.07, 6.45) is 0. The molecule has 0 spiro atoms. The zero-order chi connectivity index (χ0) is 62.5. The Balaban J connectivity index is 0.840. The van der Waals surface area contributed by atoms with Crippen LogP contribution in [-0.2, 0) is 10.8 Å². The molecule has 13 aromatic carbocycles. The van der Waals surface area contributed by atoms with E-state index < -0.39 is 0 Å². The number of anilines is 6. The van der Waals surface area contributed by atoms with Crippen LogP contribution >= 0.6 is 23.5 Å². The Morgan fingerprint density at radius 2 is 0.723 bits per heavy atom. The standard InChI is InChI=1S/C85H59B2N3O2S2/c1-50-75-80(91-69-48-61-57-44-42-55(88(51-26-10-6-11-27-51)52-28-12-7-13-29-52)46-63(57)84(2,3)73(61)82-77(69)86(75)65-36-20-24-40-71(65)93-82)79(90-67-38-22-18-34-59(67)60-35-19-23-39-68(60)90)81-76(50)87-66-37-21-25-41-72(66)94-83-74-62(49-70(92-81)78(83)87)58-45-43-56(47-64(58)85(74,4)5)89(53-30-14-8-15-31-53)54-32-16-9-17-33-54/h6-49H,1-5H3. The molecule has 6 aliphatic rings. The smallest absolute Gasteiger partial charge is 0.254 e. The molecular weight excluding hydrogens is 1180 g/mol. The van der Waals surface area contributed by atoms with Gasteiger partial charge in [-0.15, -0.1) is 0 Å². The fraction of sp³-hybridized carbons (Fsp3) is 0.0824. The molecule has 5 nitrogen and oxygen atoms in total. The molecule has 0 amide bonds. The number of aromatic nitrogens is 1. The molecule has 0 N–H and O–H groups in total. The quantitative estimate of drug-likeness (QED) is 0.148. The van der Waals surface area contributed by atoms with Crippen LogP contribution in [0.1, 0.15) is 55.5 Å². The van der Waals surface area contributed by atoms with Crippen LogP contribution in [0.3, 0.4) is 0 Å². The number of fused-ring (bicyclic) bond motifs is 19. The lowest BCUT2D eigenvalue weighted by Crippen LogP contribution is -2.64. The fourth-order valence-electron chi connectivity index (χ4n) is 17.3. The van der Waals surface area contributed by atoms with Crippen molar-refractivity contribution in [3.63, 3.8) is 0 Å². The summed E-state index contributed by atoms with van der Waals surface area (Å²) in [7, 11) is 0. The molecule has 444 valence electrons. The third-order valence-corrected chi connectivity index (χ3v) is 23.8. The summed E-state index contributed by atoms with van der Waals surface area (Å²) in [4.78, 5) is 9.91. The Labute approximate surface area is 556 Å². The Bertz CT molecular complexity index is 5200. The van der Waals surface area contributed by atoms with Crippen molar-refractivity contribution in [1.29, 1.82) is 0 Å². The molecule has 0 fully saturated rings. The first kappa shape index (κ1) is 54.3. The molecule has 2 aliphatic carbocycles. The number of para-hydroxylation sites is 6. The fourth-order valence-corrected chi connectivity index (χ4v) is 20.2. The topological polar surface area (TPSA) is 29.9 Å². The van der Waals surface area contributed by atoms with Crippen LogP contribution in [0.25, 0.3) is 49.7 Å². The van der Waals surface area contributed by atoms with Crippen molar-refractivity contribution in [2.45, 2.75) is 65.0 Å². The molecule has 0 saturated carbocycles. The minimum atomic E-state index is -0.372. The van der Waals surface area contributed by atoms with E-state index in [0.717, 1.165) is 73.8 Å². The molecule has 0 atom stereocenters. The first-order chi connectivity index (χ1) is 46.1. The van der Waals surface area contributed by atoms with Gasteiger partial charge in [0.1, 0.15) is 17.2 Å². The zero-order valence-corrected chi connectivity index (χ0v) is 54.2. The summed E-state index contributed by atoms with van der Waals surface area (Å²) in [6, 6.07) is 98.4. The van der Waals surface area contributed by atoms with Gasteiger partial charge in [-0.1, -0.05) is 225 Å². The Morgan fingerprint density at radius 1 is 0.362 bits per heavy atom. The number of rotatable bonds is 7. The summed E-state index contributed by atoms with van der Waals surface area (Å²) in [6.45, 7) is 11.8. The normalized spacial score (nSPS) is 14.6. The van der Waals surface area contributed by atoms with E-state index in [1.165, 1.54) is 113 Å². The van der Waals surface area contributed by atoms with Gasteiger partial charge in [-0.05, 0) is 182 Å². The highest BCUT2D eigenvalue weighted by Gasteiger charge is 2.53. The highest BCUT2D eigenvalue weighted by atomic mass is 32.2. The van der Waals surface area contributed by atoms with Crippen LogP contribution in [0.5, 0.6) is 23.0 Å². The molecule has 0 saturated heterocycles. The van der Waals surface area contributed by atoms with Crippen molar-refractivity contribution in [3.8, 4) is 50.9 Å². The highest BCUT2D eigenvalue weighted by molar-refractivity contribution is 8.00. The maximum atomic E-state index is 8.10. The molecule has 14 aromatic rings. The van der Waals surface area contributed by atoms with Gasteiger partial charge in [0.05, 0.1) is 11.0 Å².